The van der Waals surface area contributed by atoms with Crippen LogP contribution in [0.1, 0.15) is 46.5 Å². The van der Waals surface area contributed by atoms with Gasteiger partial charge in [0, 0.05) is 25.6 Å². The molecule has 0 aliphatic heterocycles. The van der Waals surface area contributed by atoms with Gasteiger partial charge >= 0.3 is 0 Å². The quantitative estimate of drug-likeness (QED) is 0.572. The summed E-state index contributed by atoms with van der Waals surface area (Å²) in [4.78, 5) is 11.6. The van der Waals surface area contributed by atoms with Gasteiger partial charge in [0.05, 0.1) is 0 Å². The molecule has 0 rings (SSSR count). The highest BCUT2D eigenvalue weighted by Crippen LogP contribution is 2.09. The van der Waals surface area contributed by atoms with Crippen LogP contribution in [0, 0.1) is 11.8 Å². The Hall–Kier alpha value is -0.610. The van der Waals surface area contributed by atoms with Gasteiger partial charge in [-0.25, -0.2) is 0 Å². The first kappa shape index (κ1) is 16.4. The van der Waals surface area contributed by atoms with Crippen molar-refractivity contribution in [2.24, 2.45) is 17.6 Å². The summed E-state index contributed by atoms with van der Waals surface area (Å²) in [6, 6.07) is -0.0718. The molecule has 0 radical (unpaired) electrons. The maximum absolute atomic E-state index is 11.6. The highest BCUT2D eigenvalue weighted by Gasteiger charge is 2.14. The van der Waals surface area contributed by atoms with Crippen molar-refractivity contribution < 1.29 is 9.90 Å². The lowest BCUT2D eigenvalue weighted by atomic mass is 9.99. The minimum atomic E-state index is -0.0718. The Bertz CT molecular complexity index is 202. The molecule has 4 N–H and O–H groups in total. The number of hydrogen-bond donors (Lipinski definition) is 3. The van der Waals surface area contributed by atoms with Gasteiger partial charge in [-0.2, -0.15) is 0 Å². The normalized spacial score (nSPS) is 14.7. The SMILES string of the molecule is CCCC(CCO)CNC(=O)CC(N)C(C)C. The molecule has 2 atom stereocenters. The summed E-state index contributed by atoms with van der Waals surface area (Å²) in [5.74, 6) is 0.721. The molecule has 0 aliphatic rings. The number of aliphatic hydroxyl groups is 1. The van der Waals surface area contributed by atoms with Crippen LogP contribution in [0.2, 0.25) is 0 Å². The van der Waals surface area contributed by atoms with Crippen LogP contribution in [0.25, 0.3) is 0 Å². The van der Waals surface area contributed by atoms with Crippen molar-refractivity contribution >= 4 is 5.91 Å². The van der Waals surface area contributed by atoms with Crippen LogP contribution >= 0.6 is 0 Å². The minimum Gasteiger partial charge on any atom is -0.396 e. The van der Waals surface area contributed by atoms with E-state index in [1.807, 2.05) is 13.8 Å². The van der Waals surface area contributed by atoms with Gasteiger partial charge in [0.1, 0.15) is 0 Å². The van der Waals surface area contributed by atoms with Crippen LogP contribution in [0.15, 0.2) is 0 Å². The third-order valence-corrected chi connectivity index (χ3v) is 3.10. The summed E-state index contributed by atoms with van der Waals surface area (Å²) in [5.41, 5.74) is 5.84. The minimum absolute atomic E-state index is 0.0187. The number of carbonyl (C=O) groups excluding carboxylic acids is 1. The van der Waals surface area contributed by atoms with Gasteiger partial charge in [0.25, 0.3) is 0 Å². The van der Waals surface area contributed by atoms with Gasteiger partial charge in [-0.1, -0.05) is 27.2 Å². The fraction of sp³-hybridized carbons (Fsp3) is 0.923. The van der Waals surface area contributed by atoms with E-state index in [1.54, 1.807) is 0 Å². The number of amides is 1. The van der Waals surface area contributed by atoms with E-state index in [0.717, 1.165) is 19.3 Å². The standard InChI is InChI=1S/C13H28N2O2/c1-4-5-11(6-7-16)9-15-13(17)8-12(14)10(2)3/h10-12,16H,4-9,14H2,1-3H3,(H,15,17). The molecule has 17 heavy (non-hydrogen) atoms. The maximum atomic E-state index is 11.6. The Morgan fingerprint density at radius 2 is 2.00 bits per heavy atom. The summed E-state index contributed by atoms with van der Waals surface area (Å²) in [6.45, 7) is 6.98. The van der Waals surface area contributed by atoms with Crippen LogP contribution in [0.5, 0.6) is 0 Å². The molecule has 0 saturated heterocycles. The lowest BCUT2D eigenvalue weighted by Crippen LogP contribution is -2.36. The van der Waals surface area contributed by atoms with Gasteiger partial charge < -0.3 is 16.2 Å². The molecule has 0 heterocycles. The van der Waals surface area contributed by atoms with E-state index in [0.29, 0.717) is 24.8 Å². The summed E-state index contributed by atoms with van der Waals surface area (Å²) >= 11 is 0. The number of nitrogens with two attached hydrogens (primary N) is 1. The molecule has 0 aromatic rings. The van der Waals surface area contributed by atoms with E-state index >= 15 is 0 Å². The third kappa shape index (κ3) is 8.16. The largest absolute Gasteiger partial charge is 0.396 e. The molecule has 0 aromatic heterocycles. The van der Waals surface area contributed by atoms with Crippen LogP contribution in [-0.2, 0) is 4.79 Å². The first-order chi connectivity index (χ1) is 8.01. The monoisotopic (exact) mass is 244 g/mol. The van der Waals surface area contributed by atoms with Gasteiger partial charge in [-0.15, -0.1) is 0 Å². The zero-order valence-corrected chi connectivity index (χ0v) is 11.4. The van der Waals surface area contributed by atoms with Crippen molar-refractivity contribution in [3.8, 4) is 0 Å². The predicted molar refractivity (Wildman–Crippen MR) is 70.5 cm³/mol. The van der Waals surface area contributed by atoms with Crippen molar-refractivity contribution in [1.29, 1.82) is 0 Å². The summed E-state index contributed by atoms with van der Waals surface area (Å²) < 4.78 is 0. The second-order valence-corrected chi connectivity index (χ2v) is 5.08. The Morgan fingerprint density at radius 3 is 2.47 bits per heavy atom. The average Bonchev–Trinajstić information content (AvgIpc) is 2.26. The average molecular weight is 244 g/mol. The highest BCUT2D eigenvalue weighted by atomic mass is 16.3. The lowest BCUT2D eigenvalue weighted by Gasteiger charge is -2.18. The summed E-state index contributed by atoms with van der Waals surface area (Å²) in [7, 11) is 0. The maximum Gasteiger partial charge on any atom is 0.221 e. The highest BCUT2D eigenvalue weighted by molar-refractivity contribution is 5.76. The Balaban J connectivity index is 3.87. The Labute approximate surface area is 105 Å². The van der Waals surface area contributed by atoms with Gasteiger partial charge in [0.15, 0.2) is 0 Å². The van der Waals surface area contributed by atoms with E-state index in [-0.39, 0.29) is 18.6 Å². The zero-order valence-electron chi connectivity index (χ0n) is 11.4. The molecule has 2 unspecified atom stereocenters. The topological polar surface area (TPSA) is 75.3 Å². The number of nitrogens with one attached hydrogen (secondary N) is 1. The zero-order chi connectivity index (χ0) is 13.3. The molecule has 0 saturated carbocycles. The molecule has 102 valence electrons. The first-order valence-electron chi connectivity index (χ1n) is 6.64. The number of carbonyl (C=O) groups is 1. The molecule has 1 amide bonds. The third-order valence-electron chi connectivity index (χ3n) is 3.10. The molecule has 4 heteroatoms. The van der Waals surface area contributed by atoms with Gasteiger partial charge in [0.2, 0.25) is 5.91 Å². The summed E-state index contributed by atoms with van der Waals surface area (Å²) in [6.07, 6.45) is 3.25. The fourth-order valence-corrected chi connectivity index (χ4v) is 1.72. The fourth-order valence-electron chi connectivity index (χ4n) is 1.72. The molecule has 0 aromatic carbocycles. The van der Waals surface area contributed by atoms with Crippen LogP contribution < -0.4 is 11.1 Å². The summed E-state index contributed by atoms with van der Waals surface area (Å²) in [5, 5.41) is 11.8. The Morgan fingerprint density at radius 1 is 1.35 bits per heavy atom. The predicted octanol–water partition coefficient (Wildman–Crippen LogP) is 1.27. The van der Waals surface area contributed by atoms with Crippen molar-refractivity contribution in [3.63, 3.8) is 0 Å². The molecule has 0 fully saturated rings. The van der Waals surface area contributed by atoms with Crippen LogP contribution in [0.4, 0.5) is 0 Å². The molecule has 0 spiro atoms. The number of hydrogen-bond acceptors (Lipinski definition) is 3. The van der Waals surface area contributed by atoms with Gasteiger partial charge in [-0.05, 0) is 24.7 Å². The molecule has 4 nitrogen and oxygen atoms in total. The van der Waals surface area contributed by atoms with Crippen molar-refractivity contribution in [2.45, 2.75) is 52.5 Å². The molecule has 0 aliphatic carbocycles. The van der Waals surface area contributed by atoms with Crippen molar-refractivity contribution in [1.82, 2.24) is 5.32 Å². The number of aliphatic hydroxyl groups excluding tert-OH is 1. The van der Waals surface area contributed by atoms with Crippen LogP contribution in [-0.4, -0.2) is 30.2 Å². The van der Waals surface area contributed by atoms with E-state index < -0.39 is 0 Å². The number of rotatable bonds is 9. The lowest BCUT2D eigenvalue weighted by molar-refractivity contribution is -0.121. The molecular weight excluding hydrogens is 216 g/mol. The second kappa shape index (κ2) is 9.42. The van der Waals surface area contributed by atoms with Crippen LogP contribution in [0.3, 0.4) is 0 Å². The van der Waals surface area contributed by atoms with E-state index in [9.17, 15) is 4.79 Å². The van der Waals surface area contributed by atoms with Crippen molar-refractivity contribution in [2.75, 3.05) is 13.2 Å². The smallest absolute Gasteiger partial charge is 0.221 e. The Kier molecular flexibility index (Phi) is 9.09. The van der Waals surface area contributed by atoms with Gasteiger partial charge in [-0.3, -0.25) is 4.79 Å². The molecule has 0 bridgehead atoms. The van der Waals surface area contributed by atoms with Crippen molar-refractivity contribution in [3.05, 3.63) is 0 Å². The second-order valence-electron chi connectivity index (χ2n) is 5.08. The first-order valence-corrected chi connectivity index (χ1v) is 6.64. The van der Waals surface area contributed by atoms with E-state index in [2.05, 4.69) is 12.2 Å². The van der Waals surface area contributed by atoms with E-state index in [4.69, 9.17) is 10.8 Å². The molecular formula is C13H28N2O2. The van der Waals surface area contributed by atoms with E-state index in [1.165, 1.54) is 0 Å².